The molecule has 0 atom stereocenters. The Morgan fingerprint density at radius 1 is 1.14 bits per heavy atom. The van der Waals surface area contributed by atoms with E-state index in [0.29, 0.717) is 0 Å². The summed E-state index contributed by atoms with van der Waals surface area (Å²) in [4.78, 5) is 14.3. The third-order valence-corrected chi connectivity index (χ3v) is 5.41. The Hall–Kier alpha value is -2.61. The second kappa shape index (κ2) is 8.02. The van der Waals surface area contributed by atoms with Gasteiger partial charge >= 0.3 is 18.3 Å². The maximum Gasteiger partial charge on any atom is 0.471 e. The van der Waals surface area contributed by atoms with Gasteiger partial charge in [0.1, 0.15) is 12.4 Å². The van der Waals surface area contributed by atoms with E-state index in [1.807, 2.05) is 0 Å². The Labute approximate surface area is 161 Å². The van der Waals surface area contributed by atoms with Crippen molar-refractivity contribution in [3.63, 3.8) is 0 Å². The number of halogens is 6. The lowest BCUT2D eigenvalue weighted by Crippen LogP contribution is -2.30. The van der Waals surface area contributed by atoms with E-state index in [1.54, 1.807) is 5.32 Å². The molecule has 1 aromatic heterocycles. The number of hydrogen-bond donors (Lipinski definition) is 1. The monoisotopic (exact) mass is 444 g/mol. The second-order valence-corrected chi connectivity index (χ2v) is 7.87. The maximum absolute atomic E-state index is 12.6. The number of nitrogens with one attached hydrogen (secondary N) is 1. The van der Waals surface area contributed by atoms with Crippen LogP contribution in [0.5, 0.6) is 0 Å². The largest absolute Gasteiger partial charge is 0.471 e. The molecule has 0 spiro atoms. The lowest BCUT2D eigenvalue weighted by atomic mass is 10.3. The summed E-state index contributed by atoms with van der Waals surface area (Å²) >= 11 is 0. The average molecular weight is 444 g/mol. The number of carbonyl (C=O) groups is 1. The van der Waals surface area contributed by atoms with Crippen LogP contribution in [0, 0.1) is 0 Å². The van der Waals surface area contributed by atoms with Gasteiger partial charge in [-0.1, -0.05) is 0 Å². The fourth-order valence-corrected chi connectivity index (χ4v) is 3.33. The van der Waals surface area contributed by atoms with Crippen molar-refractivity contribution in [3.8, 4) is 0 Å². The normalized spacial score (nSPS) is 13.0. The van der Waals surface area contributed by atoms with Crippen LogP contribution in [0.1, 0.15) is 5.82 Å². The van der Waals surface area contributed by atoms with Crippen molar-refractivity contribution < 1.29 is 39.6 Å². The first-order valence-corrected chi connectivity index (χ1v) is 9.15. The van der Waals surface area contributed by atoms with Gasteiger partial charge in [-0.05, 0) is 24.3 Å². The molecule has 0 aliphatic rings. The van der Waals surface area contributed by atoms with Crippen molar-refractivity contribution in [3.05, 3.63) is 42.5 Å². The molecule has 0 aliphatic carbocycles. The minimum atomic E-state index is -5.11. The van der Waals surface area contributed by atoms with Crippen molar-refractivity contribution in [1.82, 2.24) is 13.9 Å². The number of sulfonamides is 1. The van der Waals surface area contributed by atoms with Crippen LogP contribution in [0.3, 0.4) is 0 Å². The lowest BCUT2D eigenvalue weighted by molar-refractivity contribution is -0.167. The smallest absolute Gasteiger partial charge is 0.325 e. The summed E-state index contributed by atoms with van der Waals surface area (Å²) in [6.45, 7) is -1.82. The van der Waals surface area contributed by atoms with Gasteiger partial charge in [0.15, 0.2) is 0 Å². The van der Waals surface area contributed by atoms with Crippen LogP contribution >= 0.6 is 0 Å². The molecule has 29 heavy (non-hydrogen) atoms. The van der Waals surface area contributed by atoms with Crippen LogP contribution in [-0.4, -0.2) is 47.6 Å². The van der Waals surface area contributed by atoms with E-state index in [4.69, 9.17) is 0 Å². The number of anilines is 1. The van der Waals surface area contributed by atoms with Gasteiger partial charge in [-0.2, -0.15) is 30.6 Å². The molecule has 7 nitrogen and oxygen atoms in total. The summed E-state index contributed by atoms with van der Waals surface area (Å²) in [5.74, 6) is -2.37. The van der Waals surface area contributed by atoms with Gasteiger partial charge in [0.25, 0.3) is 0 Å². The molecule has 1 heterocycles. The van der Waals surface area contributed by atoms with E-state index in [0.717, 1.165) is 52.6 Å². The predicted molar refractivity (Wildman–Crippen MR) is 88.1 cm³/mol. The highest BCUT2D eigenvalue weighted by atomic mass is 32.2. The minimum Gasteiger partial charge on any atom is -0.325 e. The maximum atomic E-state index is 12.6. The first kappa shape index (κ1) is 22.7. The van der Waals surface area contributed by atoms with Crippen LogP contribution in [0.4, 0.5) is 32.0 Å². The van der Waals surface area contributed by atoms with Gasteiger partial charge in [-0.25, -0.2) is 13.4 Å². The topological polar surface area (TPSA) is 84.3 Å². The van der Waals surface area contributed by atoms with Gasteiger partial charge < -0.3 is 9.88 Å². The zero-order chi connectivity index (χ0) is 22.0. The molecule has 14 heteroatoms. The molecule has 0 fully saturated rings. The molecule has 0 saturated heterocycles. The highest BCUT2D eigenvalue weighted by molar-refractivity contribution is 7.89. The summed E-state index contributed by atoms with van der Waals surface area (Å²) in [6.07, 6.45) is -7.48. The molecule has 2 rings (SSSR count). The number of alkyl halides is 6. The summed E-state index contributed by atoms with van der Waals surface area (Å²) < 4.78 is 101. The van der Waals surface area contributed by atoms with E-state index in [9.17, 15) is 39.6 Å². The van der Waals surface area contributed by atoms with Crippen molar-refractivity contribution in [1.29, 1.82) is 0 Å². The molecule has 0 radical (unpaired) electrons. The molecule has 0 saturated carbocycles. The van der Waals surface area contributed by atoms with Gasteiger partial charge in [0, 0.05) is 25.1 Å². The summed E-state index contributed by atoms with van der Waals surface area (Å²) in [6, 6.07) is 3.82. The quantitative estimate of drug-likeness (QED) is 0.695. The first-order chi connectivity index (χ1) is 13.2. The van der Waals surface area contributed by atoms with Crippen LogP contribution in [0.2, 0.25) is 0 Å². The van der Waals surface area contributed by atoms with Crippen molar-refractivity contribution in [2.24, 2.45) is 0 Å². The van der Waals surface area contributed by atoms with Crippen LogP contribution in [0.15, 0.2) is 41.6 Å². The van der Waals surface area contributed by atoms with Crippen LogP contribution in [0.25, 0.3) is 0 Å². The lowest BCUT2D eigenvalue weighted by Gasteiger charge is -2.18. The number of hydrogen-bond acceptors (Lipinski definition) is 4. The van der Waals surface area contributed by atoms with Gasteiger partial charge in [-0.3, -0.25) is 4.79 Å². The molecule has 160 valence electrons. The molecular formula is C15H14F6N4O3S. The highest BCUT2D eigenvalue weighted by Gasteiger charge is 2.38. The number of imidazole rings is 1. The number of carbonyl (C=O) groups excluding carboxylic acids is 1. The molecule has 0 aliphatic heterocycles. The van der Waals surface area contributed by atoms with Gasteiger partial charge in [0.05, 0.1) is 11.4 Å². The minimum absolute atomic E-state index is 0.150. The molecule has 0 bridgehead atoms. The Bertz CT molecular complexity index is 967. The fraction of sp³-hybridized carbons (Fsp3) is 0.333. The average Bonchev–Trinajstić information content (AvgIpc) is 2.99. The van der Waals surface area contributed by atoms with Crippen molar-refractivity contribution in [2.45, 2.75) is 30.3 Å². The number of amides is 1. The molecule has 0 unspecified atom stereocenters. The molecule has 1 N–H and O–H groups in total. The van der Waals surface area contributed by atoms with E-state index in [-0.39, 0.29) is 16.4 Å². The molecule has 1 aromatic carbocycles. The molecular weight excluding hydrogens is 430 g/mol. The summed E-state index contributed by atoms with van der Waals surface area (Å²) in [5.41, 5.74) is -0.283. The Kier molecular flexibility index (Phi) is 6.27. The SMILES string of the molecule is CN(Cc1nccn1CC(F)(F)F)S(=O)(=O)c1ccc(NC(=O)C(F)(F)F)cc1. The summed E-state index contributed by atoms with van der Waals surface area (Å²) in [7, 11) is -3.07. The van der Waals surface area contributed by atoms with E-state index >= 15 is 0 Å². The van der Waals surface area contributed by atoms with Crippen LogP contribution in [-0.2, 0) is 27.9 Å². The number of aromatic nitrogens is 2. The third-order valence-electron chi connectivity index (χ3n) is 3.59. The fourth-order valence-electron chi connectivity index (χ4n) is 2.21. The Morgan fingerprint density at radius 2 is 1.72 bits per heavy atom. The summed E-state index contributed by atoms with van der Waals surface area (Å²) in [5, 5.41) is 1.56. The number of nitrogens with zero attached hydrogens (tertiary/aromatic N) is 3. The van der Waals surface area contributed by atoms with Crippen LogP contribution < -0.4 is 5.32 Å². The Balaban J connectivity index is 2.14. The standard InChI is InChI=1S/C15H14F6N4O3S/c1-24(8-12-22-6-7-25(12)9-14(16,17)18)29(27,28)11-4-2-10(3-5-11)23-13(26)15(19,20)21/h2-7H,8-9H2,1H3,(H,23,26). The van der Waals surface area contributed by atoms with Crippen molar-refractivity contribution >= 4 is 21.6 Å². The molecule has 1 amide bonds. The first-order valence-electron chi connectivity index (χ1n) is 7.71. The highest BCUT2D eigenvalue weighted by Crippen LogP contribution is 2.23. The van der Waals surface area contributed by atoms with E-state index in [1.165, 1.54) is 0 Å². The zero-order valence-electron chi connectivity index (χ0n) is 14.6. The van der Waals surface area contributed by atoms with Gasteiger partial charge in [0.2, 0.25) is 10.0 Å². The molecule has 2 aromatic rings. The van der Waals surface area contributed by atoms with E-state index in [2.05, 4.69) is 4.98 Å². The second-order valence-electron chi connectivity index (χ2n) is 5.82. The zero-order valence-corrected chi connectivity index (χ0v) is 15.4. The number of rotatable bonds is 6. The van der Waals surface area contributed by atoms with Crippen molar-refractivity contribution in [2.75, 3.05) is 12.4 Å². The predicted octanol–water partition coefficient (Wildman–Crippen LogP) is 2.77. The number of benzene rings is 1. The third kappa shape index (κ3) is 5.93. The Morgan fingerprint density at radius 3 is 2.24 bits per heavy atom. The van der Waals surface area contributed by atoms with Gasteiger partial charge in [-0.15, -0.1) is 0 Å². The van der Waals surface area contributed by atoms with E-state index < -0.39 is 41.4 Å².